The molecule has 0 rings (SSSR count). The molecule has 2 N–H and O–H groups in total. The molecule has 12 heavy (non-hydrogen) atoms. The summed E-state index contributed by atoms with van der Waals surface area (Å²) >= 11 is 0. The zero-order chi connectivity index (χ0) is 9.56. The van der Waals surface area contributed by atoms with Crippen LogP contribution in [0.15, 0.2) is 0 Å². The fourth-order valence-corrected chi connectivity index (χ4v) is 0.648. The van der Waals surface area contributed by atoms with Gasteiger partial charge in [0.05, 0.1) is 7.11 Å². The number of ether oxygens (including phenoxy) is 2. The van der Waals surface area contributed by atoms with Gasteiger partial charge in [-0.05, 0) is 13.0 Å². The molecule has 1 atom stereocenters. The lowest BCUT2D eigenvalue weighted by molar-refractivity contribution is -0.190. The van der Waals surface area contributed by atoms with Crippen LogP contribution in [0.2, 0.25) is 0 Å². The van der Waals surface area contributed by atoms with Crippen LogP contribution < -0.4 is 5.73 Å². The standard InChI is InChI=1S/C6H11F2NO3/c1-11-5(10)4(2-3-9)12-6(7)8/h4,6H,2-3,9H2,1H3/t4-/m0/s1. The number of hydrogen-bond donors (Lipinski definition) is 1. The molecule has 0 unspecified atom stereocenters. The van der Waals surface area contributed by atoms with Gasteiger partial charge in [-0.15, -0.1) is 0 Å². The first-order chi connectivity index (χ1) is 5.61. The first-order valence-electron chi connectivity index (χ1n) is 3.33. The summed E-state index contributed by atoms with van der Waals surface area (Å²) in [7, 11) is 1.10. The molecular formula is C6H11F2NO3. The summed E-state index contributed by atoms with van der Waals surface area (Å²) in [5.74, 6) is -0.833. The highest BCUT2D eigenvalue weighted by Gasteiger charge is 2.22. The molecule has 0 amide bonds. The summed E-state index contributed by atoms with van der Waals surface area (Å²) in [6.45, 7) is -2.90. The summed E-state index contributed by atoms with van der Waals surface area (Å²) in [6, 6.07) is 0. The van der Waals surface area contributed by atoms with E-state index in [4.69, 9.17) is 5.73 Å². The predicted molar refractivity (Wildman–Crippen MR) is 36.6 cm³/mol. The quantitative estimate of drug-likeness (QED) is 0.615. The van der Waals surface area contributed by atoms with Crippen LogP contribution in [0.3, 0.4) is 0 Å². The number of halogens is 2. The van der Waals surface area contributed by atoms with Gasteiger partial charge in [0, 0.05) is 0 Å². The molecule has 0 saturated heterocycles. The van der Waals surface area contributed by atoms with Gasteiger partial charge in [0.1, 0.15) is 0 Å². The number of carbonyl (C=O) groups is 1. The number of esters is 1. The zero-order valence-corrected chi connectivity index (χ0v) is 6.63. The minimum atomic E-state index is -2.99. The minimum absolute atomic E-state index is 0.0248. The van der Waals surface area contributed by atoms with Crippen molar-refractivity contribution in [2.45, 2.75) is 19.1 Å². The van der Waals surface area contributed by atoms with E-state index < -0.39 is 18.7 Å². The van der Waals surface area contributed by atoms with Crippen molar-refractivity contribution in [2.24, 2.45) is 5.73 Å². The lowest BCUT2D eigenvalue weighted by Gasteiger charge is -2.13. The Bertz CT molecular complexity index is 143. The number of carbonyl (C=O) groups excluding carboxylic acids is 1. The molecular weight excluding hydrogens is 172 g/mol. The van der Waals surface area contributed by atoms with Crippen LogP contribution in [0.4, 0.5) is 8.78 Å². The molecule has 0 heterocycles. The Morgan fingerprint density at radius 2 is 2.17 bits per heavy atom. The summed E-state index contributed by atoms with van der Waals surface area (Å²) in [4.78, 5) is 10.7. The van der Waals surface area contributed by atoms with Crippen LogP contribution in [0.1, 0.15) is 6.42 Å². The fourth-order valence-electron chi connectivity index (χ4n) is 0.648. The highest BCUT2D eigenvalue weighted by Crippen LogP contribution is 2.06. The van der Waals surface area contributed by atoms with Crippen molar-refractivity contribution in [1.29, 1.82) is 0 Å². The average Bonchev–Trinajstić information content (AvgIpc) is 2.01. The van der Waals surface area contributed by atoms with Crippen molar-refractivity contribution in [3.63, 3.8) is 0 Å². The molecule has 0 aromatic heterocycles. The van der Waals surface area contributed by atoms with Crippen molar-refractivity contribution in [2.75, 3.05) is 13.7 Å². The maximum atomic E-state index is 11.6. The smallest absolute Gasteiger partial charge is 0.346 e. The van der Waals surface area contributed by atoms with Crippen molar-refractivity contribution < 1.29 is 23.0 Å². The number of alkyl halides is 2. The molecule has 0 spiro atoms. The average molecular weight is 183 g/mol. The third-order valence-corrected chi connectivity index (χ3v) is 1.16. The van der Waals surface area contributed by atoms with Gasteiger partial charge in [0.25, 0.3) is 0 Å². The van der Waals surface area contributed by atoms with E-state index in [9.17, 15) is 13.6 Å². The minimum Gasteiger partial charge on any atom is -0.467 e. The Balaban J connectivity index is 3.94. The molecule has 0 aromatic carbocycles. The number of hydrogen-bond acceptors (Lipinski definition) is 4. The highest BCUT2D eigenvalue weighted by atomic mass is 19.3. The molecule has 0 bridgehead atoms. The largest absolute Gasteiger partial charge is 0.467 e. The van der Waals surface area contributed by atoms with Gasteiger partial charge in [0.2, 0.25) is 0 Å². The lowest BCUT2D eigenvalue weighted by atomic mass is 10.2. The molecule has 72 valence electrons. The van der Waals surface area contributed by atoms with E-state index in [2.05, 4.69) is 9.47 Å². The molecule has 0 aromatic rings. The van der Waals surface area contributed by atoms with Crippen LogP contribution in [0.25, 0.3) is 0 Å². The summed E-state index contributed by atoms with van der Waals surface area (Å²) < 4.78 is 31.4. The molecule has 4 nitrogen and oxygen atoms in total. The Kier molecular flexibility index (Phi) is 5.48. The Hall–Kier alpha value is -0.750. The number of methoxy groups -OCH3 is 1. The van der Waals surface area contributed by atoms with E-state index in [1.807, 2.05) is 0 Å². The predicted octanol–water partition coefficient (Wildman–Crippen LogP) is 0.116. The second kappa shape index (κ2) is 5.84. The summed E-state index contributed by atoms with van der Waals surface area (Å²) in [5.41, 5.74) is 5.06. The van der Waals surface area contributed by atoms with E-state index in [0.29, 0.717) is 0 Å². The van der Waals surface area contributed by atoms with E-state index >= 15 is 0 Å². The Morgan fingerprint density at radius 1 is 1.58 bits per heavy atom. The van der Waals surface area contributed by atoms with Crippen molar-refractivity contribution in [3.8, 4) is 0 Å². The van der Waals surface area contributed by atoms with Crippen LogP contribution in [0, 0.1) is 0 Å². The second-order valence-electron chi connectivity index (χ2n) is 1.99. The highest BCUT2D eigenvalue weighted by molar-refractivity contribution is 5.74. The topological polar surface area (TPSA) is 61.5 Å². The van der Waals surface area contributed by atoms with Crippen LogP contribution in [-0.4, -0.2) is 32.3 Å². The molecule has 0 aliphatic rings. The molecule has 0 radical (unpaired) electrons. The fraction of sp³-hybridized carbons (Fsp3) is 0.833. The van der Waals surface area contributed by atoms with E-state index in [-0.39, 0.29) is 13.0 Å². The Labute approximate surface area is 68.6 Å². The lowest BCUT2D eigenvalue weighted by Crippen LogP contribution is -2.30. The molecule has 0 saturated carbocycles. The van der Waals surface area contributed by atoms with E-state index in [1.54, 1.807) is 0 Å². The third-order valence-electron chi connectivity index (χ3n) is 1.16. The summed E-state index contributed by atoms with van der Waals surface area (Å²) in [6.07, 6.45) is -1.24. The first-order valence-corrected chi connectivity index (χ1v) is 3.33. The van der Waals surface area contributed by atoms with Crippen molar-refractivity contribution in [3.05, 3.63) is 0 Å². The molecule has 0 aliphatic carbocycles. The van der Waals surface area contributed by atoms with Crippen LogP contribution in [-0.2, 0) is 14.3 Å². The Morgan fingerprint density at radius 3 is 2.50 bits per heavy atom. The van der Waals surface area contributed by atoms with Gasteiger partial charge in [-0.2, -0.15) is 8.78 Å². The second-order valence-corrected chi connectivity index (χ2v) is 1.99. The first kappa shape index (κ1) is 11.2. The molecule has 0 fully saturated rings. The molecule has 6 heteroatoms. The van der Waals surface area contributed by atoms with Crippen LogP contribution >= 0.6 is 0 Å². The number of rotatable bonds is 5. The summed E-state index contributed by atoms with van der Waals surface area (Å²) in [5, 5.41) is 0. The van der Waals surface area contributed by atoms with Gasteiger partial charge >= 0.3 is 12.6 Å². The maximum absolute atomic E-state index is 11.6. The van der Waals surface area contributed by atoms with Gasteiger partial charge in [-0.25, -0.2) is 4.79 Å². The van der Waals surface area contributed by atoms with Crippen molar-refractivity contribution in [1.82, 2.24) is 0 Å². The maximum Gasteiger partial charge on any atom is 0.346 e. The number of nitrogens with two attached hydrogens (primary N) is 1. The van der Waals surface area contributed by atoms with Crippen LogP contribution in [0.5, 0.6) is 0 Å². The van der Waals surface area contributed by atoms with E-state index in [0.717, 1.165) is 7.11 Å². The van der Waals surface area contributed by atoms with E-state index in [1.165, 1.54) is 0 Å². The SMILES string of the molecule is COC(=O)[C@H](CCN)OC(F)F. The van der Waals surface area contributed by atoms with Gasteiger partial charge in [-0.3, -0.25) is 0 Å². The zero-order valence-electron chi connectivity index (χ0n) is 6.63. The van der Waals surface area contributed by atoms with Gasteiger partial charge in [-0.1, -0.05) is 0 Å². The van der Waals surface area contributed by atoms with Crippen molar-refractivity contribution >= 4 is 5.97 Å². The normalized spacial score (nSPS) is 13.1. The van der Waals surface area contributed by atoms with Gasteiger partial charge in [0.15, 0.2) is 6.10 Å². The molecule has 0 aliphatic heterocycles. The monoisotopic (exact) mass is 183 g/mol. The van der Waals surface area contributed by atoms with Gasteiger partial charge < -0.3 is 15.2 Å². The third kappa shape index (κ3) is 4.20.